The minimum absolute atomic E-state index is 0.284. The van der Waals surface area contributed by atoms with Crippen molar-refractivity contribution in [3.8, 4) is 0 Å². The maximum absolute atomic E-state index is 13.4. The van der Waals surface area contributed by atoms with Gasteiger partial charge in [0.15, 0.2) is 23.3 Å². The molecule has 0 spiro atoms. The molecule has 1 nitrogen and oxygen atoms in total. The average Bonchev–Trinajstić information content (AvgIpc) is 2.34. The van der Waals surface area contributed by atoms with Crippen molar-refractivity contribution in [3.05, 3.63) is 34.6 Å². The second-order valence-corrected chi connectivity index (χ2v) is 4.18. The van der Waals surface area contributed by atoms with Gasteiger partial charge in [0.1, 0.15) is 6.04 Å². The summed E-state index contributed by atoms with van der Waals surface area (Å²) in [6.07, 6.45) is 2.63. The normalized spacial score (nSPS) is 12.8. The molecular weight excluding hydrogens is 253 g/mol. The molecule has 0 saturated heterocycles. The molecule has 1 unspecified atom stereocenters. The molecule has 0 heterocycles. The monoisotopic (exact) mass is 268 g/mol. The van der Waals surface area contributed by atoms with Crippen LogP contribution in [0.25, 0.3) is 0 Å². The van der Waals surface area contributed by atoms with Crippen molar-refractivity contribution in [2.45, 2.75) is 38.6 Å². The van der Waals surface area contributed by atoms with Gasteiger partial charge in [-0.2, -0.15) is 0 Å². The molecule has 0 aliphatic rings. The van der Waals surface area contributed by atoms with Crippen LogP contribution in [0.1, 0.15) is 44.2 Å². The highest BCUT2D eigenvalue weighted by Crippen LogP contribution is 2.28. The summed E-state index contributed by atoms with van der Waals surface area (Å²) in [5.74, 6) is -9.50. The van der Waals surface area contributed by atoms with Crippen molar-refractivity contribution in [2.24, 2.45) is 0 Å². The number of rotatable bonds is 5. The lowest BCUT2D eigenvalue weighted by Crippen LogP contribution is -2.54. The fourth-order valence-electron chi connectivity index (χ4n) is 1.77. The Morgan fingerprint density at radius 1 is 0.833 bits per heavy atom. The van der Waals surface area contributed by atoms with E-state index < -0.39 is 40.7 Å². The topological polar surface area (TPSA) is 27.6 Å². The molecule has 0 radical (unpaired) electrons. The number of benzene rings is 1. The van der Waals surface area contributed by atoms with Crippen LogP contribution >= 0.6 is 0 Å². The Kier molecular flexibility index (Phi) is 5.07. The first-order valence-electron chi connectivity index (χ1n) is 5.76. The third kappa shape index (κ3) is 2.80. The lowest BCUT2D eigenvalue weighted by Gasteiger charge is -2.12. The Balaban J connectivity index is 3.08. The van der Waals surface area contributed by atoms with Gasteiger partial charge >= 0.3 is 0 Å². The van der Waals surface area contributed by atoms with Crippen molar-refractivity contribution in [3.63, 3.8) is 0 Å². The molecule has 1 aromatic carbocycles. The van der Waals surface area contributed by atoms with Gasteiger partial charge in [-0.25, -0.2) is 22.0 Å². The lowest BCUT2D eigenvalue weighted by molar-refractivity contribution is -0.429. The fraction of sp³-hybridized carbons (Fsp3) is 0.500. The van der Waals surface area contributed by atoms with E-state index in [-0.39, 0.29) is 6.42 Å². The Morgan fingerprint density at radius 3 is 1.72 bits per heavy atom. The second kappa shape index (κ2) is 6.13. The van der Waals surface area contributed by atoms with E-state index in [1.165, 1.54) is 0 Å². The summed E-state index contributed by atoms with van der Waals surface area (Å²) in [4.78, 5) is 0. The molecule has 1 atom stereocenters. The van der Waals surface area contributed by atoms with Crippen LogP contribution in [0.15, 0.2) is 0 Å². The molecule has 102 valence electrons. The molecule has 0 saturated carbocycles. The van der Waals surface area contributed by atoms with Crippen molar-refractivity contribution in [1.29, 1.82) is 0 Å². The zero-order valence-corrected chi connectivity index (χ0v) is 10.0. The van der Waals surface area contributed by atoms with Crippen molar-refractivity contribution in [1.82, 2.24) is 0 Å². The van der Waals surface area contributed by atoms with Gasteiger partial charge in [0.05, 0.1) is 5.56 Å². The van der Waals surface area contributed by atoms with Gasteiger partial charge in [-0.3, -0.25) is 0 Å². The van der Waals surface area contributed by atoms with E-state index in [0.717, 1.165) is 12.8 Å². The molecule has 1 rings (SSSR count). The molecular formula is C12H15F5N+. The summed E-state index contributed by atoms with van der Waals surface area (Å²) < 4.78 is 65.5. The van der Waals surface area contributed by atoms with E-state index in [1.807, 2.05) is 6.92 Å². The highest BCUT2D eigenvalue weighted by Gasteiger charge is 2.30. The Morgan fingerprint density at radius 2 is 1.28 bits per heavy atom. The molecule has 3 N–H and O–H groups in total. The number of halogens is 5. The second-order valence-electron chi connectivity index (χ2n) is 4.18. The van der Waals surface area contributed by atoms with E-state index >= 15 is 0 Å². The van der Waals surface area contributed by atoms with Crippen molar-refractivity contribution in [2.75, 3.05) is 0 Å². The van der Waals surface area contributed by atoms with E-state index in [9.17, 15) is 22.0 Å². The van der Waals surface area contributed by atoms with Gasteiger partial charge in [-0.05, 0) is 6.42 Å². The van der Waals surface area contributed by atoms with Crippen LogP contribution in [0, 0.1) is 29.1 Å². The first-order valence-corrected chi connectivity index (χ1v) is 5.76. The number of unbranched alkanes of at least 4 members (excludes halogenated alkanes) is 2. The van der Waals surface area contributed by atoms with Crippen LogP contribution in [0.3, 0.4) is 0 Å². The molecule has 0 aliphatic carbocycles. The van der Waals surface area contributed by atoms with Crippen LogP contribution in [-0.4, -0.2) is 0 Å². The molecule has 0 amide bonds. The summed E-state index contributed by atoms with van der Waals surface area (Å²) in [5.41, 5.74) is 2.66. The Bertz CT molecular complexity index is 404. The van der Waals surface area contributed by atoms with Crippen LogP contribution in [0.2, 0.25) is 0 Å². The quantitative estimate of drug-likeness (QED) is 0.367. The number of hydrogen-bond acceptors (Lipinski definition) is 0. The summed E-state index contributed by atoms with van der Waals surface area (Å²) in [6.45, 7) is 1.94. The number of quaternary nitrogens is 1. The summed E-state index contributed by atoms with van der Waals surface area (Å²) >= 11 is 0. The average molecular weight is 268 g/mol. The first kappa shape index (κ1) is 14.9. The van der Waals surface area contributed by atoms with Crippen molar-refractivity contribution < 1.29 is 27.7 Å². The van der Waals surface area contributed by atoms with E-state index in [0.29, 0.717) is 6.42 Å². The zero-order valence-electron chi connectivity index (χ0n) is 10.0. The van der Waals surface area contributed by atoms with Crippen LogP contribution in [0.5, 0.6) is 0 Å². The molecule has 6 heteroatoms. The zero-order chi connectivity index (χ0) is 13.9. The molecule has 1 aromatic rings. The summed E-state index contributed by atoms with van der Waals surface area (Å²) in [6, 6.07) is -0.943. The molecule has 0 bridgehead atoms. The Hall–Kier alpha value is -1.17. The summed E-state index contributed by atoms with van der Waals surface area (Å²) in [7, 11) is 0. The van der Waals surface area contributed by atoms with Crippen molar-refractivity contribution >= 4 is 0 Å². The SMILES string of the molecule is CCCCCC([NH3+])c1c(F)c(F)c(F)c(F)c1F. The molecule has 18 heavy (non-hydrogen) atoms. The number of hydrogen-bond donors (Lipinski definition) is 1. The summed E-state index contributed by atoms with van der Waals surface area (Å²) in [5, 5.41) is 0. The minimum Gasteiger partial charge on any atom is -0.351 e. The highest BCUT2D eigenvalue weighted by atomic mass is 19.2. The third-order valence-electron chi connectivity index (χ3n) is 2.81. The first-order chi connectivity index (χ1) is 8.41. The third-order valence-corrected chi connectivity index (χ3v) is 2.81. The van der Waals surface area contributed by atoms with Gasteiger partial charge in [0.2, 0.25) is 5.82 Å². The largest absolute Gasteiger partial charge is 0.351 e. The Labute approximate surface area is 102 Å². The molecule has 0 fully saturated rings. The molecule has 0 aliphatic heterocycles. The smallest absolute Gasteiger partial charge is 0.200 e. The van der Waals surface area contributed by atoms with Gasteiger partial charge < -0.3 is 5.73 Å². The maximum atomic E-state index is 13.4. The van der Waals surface area contributed by atoms with E-state index in [1.54, 1.807) is 0 Å². The van der Waals surface area contributed by atoms with Gasteiger partial charge in [0.25, 0.3) is 0 Å². The standard InChI is InChI=1S/C12H14F5N/c1-2-3-4-5-6(18)7-8(13)10(15)12(17)11(16)9(7)14/h6H,2-5,18H2,1H3/p+1. The van der Waals surface area contributed by atoms with Crippen LogP contribution in [-0.2, 0) is 0 Å². The lowest BCUT2D eigenvalue weighted by atomic mass is 9.99. The molecule has 0 aromatic heterocycles. The highest BCUT2D eigenvalue weighted by molar-refractivity contribution is 5.25. The van der Waals surface area contributed by atoms with Crippen LogP contribution < -0.4 is 5.73 Å². The fourth-order valence-corrected chi connectivity index (χ4v) is 1.77. The van der Waals surface area contributed by atoms with Gasteiger partial charge in [-0.15, -0.1) is 0 Å². The van der Waals surface area contributed by atoms with E-state index in [4.69, 9.17) is 0 Å². The minimum atomic E-state index is -2.13. The van der Waals surface area contributed by atoms with Crippen LogP contribution in [0.4, 0.5) is 22.0 Å². The predicted octanol–water partition coefficient (Wildman–Crippen LogP) is 3.25. The van der Waals surface area contributed by atoms with E-state index in [2.05, 4.69) is 5.73 Å². The van der Waals surface area contributed by atoms with Gasteiger partial charge in [0, 0.05) is 6.42 Å². The maximum Gasteiger partial charge on any atom is 0.200 e. The van der Waals surface area contributed by atoms with Gasteiger partial charge in [-0.1, -0.05) is 19.8 Å². The predicted molar refractivity (Wildman–Crippen MR) is 56.0 cm³/mol.